The first-order chi connectivity index (χ1) is 14.8. The third-order valence-corrected chi connectivity index (χ3v) is 7.59. The molecular formula is C24H31N2O4S+. The lowest BCUT2D eigenvalue weighted by Crippen LogP contribution is -2.44. The average Bonchev–Trinajstić information content (AvgIpc) is 3.26. The van der Waals surface area contributed by atoms with Gasteiger partial charge in [0.1, 0.15) is 23.7 Å². The lowest BCUT2D eigenvalue weighted by molar-refractivity contribution is 0.335. The molecule has 1 atom stereocenters. The summed E-state index contributed by atoms with van der Waals surface area (Å²) >= 11 is 0. The highest BCUT2D eigenvalue weighted by molar-refractivity contribution is 7.91. The van der Waals surface area contributed by atoms with Crippen molar-refractivity contribution in [3.8, 4) is 22.8 Å². The Balaban J connectivity index is 1.94. The van der Waals surface area contributed by atoms with Gasteiger partial charge in [-0.2, -0.15) is 0 Å². The van der Waals surface area contributed by atoms with E-state index in [1.54, 1.807) is 39.3 Å². The third kappa shape index (κ3) is 4.78. The van der Waals surface area contributed by atoms with Crippen molar-refractivity contribution in [2.45, 2.75) is 25.3 Å². The summed E-state index contributed by atoms with van der Waals surface area (Å²) in [5, 5.41) is 0. The predicted molar refractivity (Wildman–Crippen MR) is 125 cm³/mol. The van der Waals surface area contributed by atoms with E-state index in [4.69, 9.17) is 9.47 Å². The molecule has 3 aromatic rings. The fourth-order valence-electron chi connectivity index (χ4n) is 3.65. The van der Waals surface area contributed by atoms with Crippen LogP contribution in [0.3, 0.4) is 0 Å². The minimum Gasteiger partial charge on any atom is -0.497 e. The number of rotatable bonds is 9. The van der Waals surface area contributed by atoms with Gasteiger partial charge < -0.3 is 14.5 Å². The Bertz CT molecular complexity index is 1140. The number of hydrogen-bond donors (Lipinski definition) is 1. The zero-order valence-corrected chi connectivity index (χ0v) is 19.6. The number of nitrogens with zero attached hydrogens (tertiary/aromatic N) is 1. The molecule has 0 radical (unpaired) electrons. The summed E-state index contributed by atoms with van der Waals surface area (Å²) in [5.41, 5.74) is 3.81. The molecule has 0 amide bonds. The van der Waals surface area contributed by atoms with Crippen molar-refractivity contribution >= 4 is 15.5 Å². The van der Waals surface area contributed by atoms with Gasteiger partial charge in [0.25, 0.3) is 0 Å². The Morgan fingerprint density at radius 1 is 0.935 bits per heavy atom. The van der Waals surface area contributed by atoms with Crippen molar-refractivity contribution < 1.29 is 17.9 Å². The smallest absolute Gasteiger partial charge is 0.178 e. The molecule has 0 aliphatic carbocycles. The molecule has 0 aliphatic rings. The number of aromatic amines is 1. The molecular weight excluding hydrogens is 412 g/mol. The molecule has 0 saturated carbocycles. The van der Waals surface area contributed by atoms with Crippen molar-refractivity contribution in [2.24, 2.45) is 0 Å². The molecule has 166 valence electrons. The van der Waals surface area contributed by atoms with E-state index in [-0.39, 0.29) is 5.75 Å². The van der Waals surface area contributed by atoms with Crippen molar-refractivity contribution in [3.63, 3.8) is 0 Å². The van der Waals surface area contributed by atoms with Crippen LogP contribution in [0.2, 0.25) is 0 Å². The van der Waals surface area contributed by atoms with Gasteiger partial charge in [0, 0.05) is 23.4 Å². The van der Waals surface area contributed by atoms with Crippen molar-refractivity contribution in [3.05, 3.63) is 60.3 Å². The standard InChI is InChI=1S/C24H31N2O4S/c1-6-26(3,19-9-11-20(29-4)12-10-19)17-18-8-14-23(25-18)22-16-21(31(27,28)7-2)13-15-24(22)30-5/h8-16,25H,6-7,17H2,1-5H3/q+1. The quantitative estimate of drug-likeness (QED) is 0.489. The summed E-state index contributed by atoms with van der Waals surface area (Å²) in [6, 6.07) is 17.2. The highest BCUT2D eigenvalue weighted by Gasteiger charge is 2.25. The second-order valence-corrected chi connectivity index (χ2v) is 10.0. The van der Waals surface area contributed by atoms with Crippen LogP contribution in [-0.2, 0) is 16.4 Å². The maximum Gasteiger partial charge on any atom is 0.178 e. The number of methoxy groups -OCH3 is 2. The van der Waals surface area contributed by atoms with Crippen molar-refractivity contribution in [2.75, 3.05) is 33.6 Å². The van der Waals surface area contributed by atoms with Gasteiger partial charge in [0.15, 0.2) is 9.84 Å². The molecule has 0 aliphatic heterocycles. The van der Waals surface area contributed by atoms with Crippen LogP contribution in [0.5, 0.6) is 11.5 Å². The first-order valence-corrected chi connectivity index (χ1v) is 12.0. The molecule has 0 spiro atoms. The van der Waals surface area contributed by atoms with Gasteiger partial charge in [-0.3, -0.25) is 4.48 Å². The summed E-state index contributed by atoms with van der Waals surface area (Å²) in [6.07, 6.45) is 0. The molecule has 6 nitrogen and oxygen atoms in total. The maximum atomic E-state index is 12.4. The van der Waals surface area contributed by atoms with E-state index in [0.29, 0.717) is 15.1 Å². The predicted octanol–water partition coefficient (Wildman–Crippen LogP) is 4.65. The number of sulfone groups is 1. The summed E-state index contributed by atoms with van der Waals surface area (Å²) in [6.45, 7) is 5.48. The molecule has 1 aromatic heterocycles. The van der Waals surface area contributed by atoms with Gasteiger partial charge >= 0.3 is 0 Å². The molecule has 0 fully saturated rings. The van der Waals surface area contributed by atoms with Crippen LogP contribution in [0.25, 0.3) is 11.3 Å². The second-order valence-electron chi connectivity index (χ2n) is 7.73. The Labute approximate surface area is 184 Å². The molecule has 7 heteroatoms. The number of H-pyrrole nitrogens is 1. The largest absolute Gasteiger partial charge is 0.497 e. The first-order valence-electron chi connectivity index (χ1n) is 10.3. The summed E-state index contributed by atoms with van der Waals surface area (Å²) in [4.78, 5) is 3.77. The highest BCUT2D eigenvalue weighted by atomic mass is 32.2. The molecule has 31 heavy (non-hydrogen) atoms. The summed E-state index contributed by atoms with van der Waals surface area (Å²) in [7, 11) is 2.14. The first kappa shape index (κ1) is 22.9. The zero-order chi connectivity index (χ0) is 22.6. The maximum absolute atomic E-state index is 12.4. The zero-order valence-electron chi connectivity index (χ0n) is 18.8. The Morgan fingerprint density at radius 3 is 2.23 bits per heavy atom. The van der Waals surface area contributed by atoms with E-state index in [1.807, 2.05) is 24.3 Å². The molecule has 3 rings (SSSR count). The van der Waals surface area contributed by atoms with Crippen LogP contribution in [0.15, 0.2) is 59.5 Å². The minimum absolute atomic E-state index is 0.0585. The monoisotopic (exact) mass is 443 g/mol. The summed E-state index contributed by atoms with van der Waals surface area (Å²) in [5.74, 6) is 1.53. The number of hydrogen-bond acceptors (Lipinski definition) is 4. The van der Waals surface area contributed by atoms with Crippen LogP contribution in [0, 0.1) is 0 Å². The normalized spacial score (nSPS) is 13.6. The molecule has 1 unspecified atom stereocenters. The summed E-state index contributed by atoms with van der Waals surface area (Å²) < 4.78 is 36.2. The van der Waals surface area contributed by atoms with Gasteiger partial charge in [-0.15, -0.1) is 0 Å². The van der Waals surface area contributed by atoms with Crippen molar-refractivity contribution in [1.82, 2.24) is 9.47 Å². The Hall–Kier alpha value is -2.77. The van der Waals surface area contributed by atoms with Gasteiger partial charge in [0.05, 0.1) is 44.2 Å². The van der Waals surface area contributed by atoms with E-state index in [0.717, 1.165) is 35.8 Å². The molecule has 0 bridgehead atoms. The fraction of sp³-hybridized carbons (Fsp3) is 0.333. The average molecular weight is 444 g/mol. The van der Waals surface area contributed by atoms with Gasteiger partial charge in [0.2, 0.25) is 0 Å². The van der Waals surface area contributed by atoms with Crippen molar-refractivity contribution in [1.29, 1.82) is 0 Å². The van der Waals surface area contributed by atoms with Gasteiger partial charge in [-0.05, 0) is 49.4 Å². The number of nitrogens with one attached hydrogen (secondary N) is 1. The number of quaternary nitrogens is 1. The van der Waals surface area contributed by atoms with E-state index in [9.17, 15) is 8.42 Å². The van der Waals surface area contributed by atoms with Gasteiger partial charge in [-0.25, -0.2) is 8.42 Å². The van der Waals surface area contributed by atoms with Crippen LogP contribution >= 0.6 is 0 Å². The van der Waals surface area contributed by atoms with E-state index in [2.05, 4.69) is 31.1 Å². The molecule has 2 aromatic carbocycles. The minimum atomic E-state index is -3.30. The van der Waals surface area contributed by atoms with Crippen LogP contribution in [0.4, 0.5) is 5.69 Å². The molecule has 0 saturated heterocycles. The van der Waals surface area contributed by atoms with Crippen LogP contribution in [0.1, 0.15) is 19.5 Å². The lowest BCUT2D eigenvalue weighted by atomic mass is 10.1. The van der Waals surface area contributed by atoms with Crippen LogP contribution in [-0.4, -0.2) is 47.0 Å². The third-order valence-electron chi connectivity index (χ3n) is 5.86. The lowest BCUT2D eigenvalue weighted by Gasteiger charge is -2.32. The number of ether oxygens (including phenoxy) is 2. The molecule has 1 heterocycles. The second kappa shape index (κ2) is 9.16. The van der Waals surface area contributed by atoms with E-state index in [1.165, 1.54) is 5.69 Å². The van der Waals surface area contributed by atoms with E-state index >= 15 is 0 Å². The topological polar surface area (TPSA) is 68.4 Å². The Morgan fingerprint density at radius 2 is 1.65 bits per heavy atom. The van der Waals surface area contributed by atoms with Crippen LogP contribution < -0.4 is 14.0 Å². The number of aromatic nitrogens is 1. The van der Waals surface area contributed by atoms with E-state index < -0.39 is 9.84 Å². The fourth-order valence-corrected chi connectivity index (χ4v) is 4.56. The number of benzene rings is 2. The van der Waals surface area contributed by atoms with Gasteiger partial charge in [-0.1, -0.05) is 6.92 Å². The Kier molecular flexibility index (Phi) is 6.77. The molecule has 1 N–H and O–H groups in total. The highest BCUT2D eigenvalue weighted by Crippen LogP contribution is 2.33. The SMILES string of the molecule is CC[N+](C)(Cc1ccc(-c2cc(S(=O)(=O)CC)ccc2OC)[nH]1)c1ccc(OC)cc1.